The van der Waals surface area contributed by atoms with Crippen LogP contribution >= 0.6 is 0 Å². The summed E-state index contributed by atoms with van der Waals surface area (Å²) in [7, 11) is 0. The van der Waals surface area contributed by atoms with Gasteiger partial charge in [0, 0.05) is 13.0 Å². The minimum absolute atomic E-state index is 0.141. The van der Waals surface area contributed by atoms with E-state index in [0.29, 0.717) is 19.6 Å². The molecule has 0 aliphatic carbocycles. The van der Waals surface area contributed by atoms with Gasteiger partial charge in [-0.3, -0.25) is 4.79 Å². The van der Waals surface area contributed by atoms with Crippen LogP contribution in [0.4, 0.5) is 4.79 Å². The molecule has 0 aromatic carbocycles. The van der Waals surface area contributed by atoms with Crippen LogP contribution in [0.25, 0.3) is 0 Å². The molecule has 5 nitrogen and oxygen atoms in total. The van der Waals surface area contributed by atoms with E-state index in [4.69, 9.17) is 9.84 Å². The molecule has 0 spiro atoms. The summed E-state index contributed by atoms with van der Waals surface area (Å²) >= 11 is 0. The summed E-state index contributed by atoms with van der Waals surface area (Å²) in [4.78, 5) is 21.4. The molecule has 1 amide bonds. The maximum Gasteiger partial charge on any atom is 0.404 e. The van der Waals surface area contributed by atoms with Crippen molar-refractivity contribution in [2.45, 2.75) is 58.3 Å². The van der Waals surface area contributed by atoms with Crippen LogP contribution in [0.3, 0.4) is 0 Å². The average molecular weight is 259 g/mol. The van der Waals surface area contributed by atoms with E-state index in [1.54, 1.807) is 0 Å². The summed E-state index contributed by atoms with van der Waals surface area (Å²) in [5.74, 6) is -0.141. The average Bonchev–Trinajstić information content (AvgIpc) is 2.33. The lowest BCUT2D eigenvalue weighted by Gasteiger charge is -2.04. The molecule has 0 heterocycles. The van der Waals surface area contributed by atoms with Crippen LogP contribution in [-0.2, 0) is 9.53 Å². The Hall–Kier alpha value is -1.26. The molecule has 0 saturated heterocycles. The van der Waals surface area contributed by atoms with E-state index in [1.165, 1.54) is 12.8 Å². The van der Waals surface area contributed by atoms with E-state index in [2.05, 4.69) is 12.2 Å². The quantitative estimate of drug-likeness (QED) is 0.442. The zero-order valence-corrected chi connectivity index (χ0v) is 11.2. The largest absolute Gasteiger partial charge is 0.466 e. The van der Waals surface area contributed by atoms with Gasteiger partial charge >= 0.3 is 12.1 Å². The Morgan fingerprint density at radius 2 is 1.78 bits per heavy atom. The molecule has 0 bridgehead atoms. The molecule has 0 fully saturated rings. The number of carbonyl (C=O) groups excluding carboxylic acids is 1. The lowest BCUT2D eigenvalue weighted by Crippen LogP contribution is -2.21. The molecule has 0 unspecified atom stereocenters. The van der Waals surface area contributed by atoms with Crippen molar-refractivity contribution in [1.29, 1.82) is 0 Å². The first kappa shape index (κ1) is 16.7. The predicted octanol–water partition coefficient (Wildman–Crippen LogP) is 2.94. The van der Waals surface area contributed by atoms with Gasteiger partial charge in [-0.25, -0.2) is 4.79 Å². The van der Waals surface area contributed by atoms with E-state index in [9.17, 15) is 9.59 Å². The lowest BCUT2D eigenvalue weighted by molar-refractivity contribution is -0.143. The molecule has 0 aromatic heterocycles. The Bertz CT molecular complexity index is 231. The third-order valence-corrected chi connectivity index (χ3v) is 2.59. The zero-order chi connectivity index (χ0) is 13.6. The molecule has 106 valence electrons. The third kappa shape index (κ3) is 12.8. The number of hydrogen-bond donors (Lipinski definition) is 2. The maximum absolute atomic E-state index is 11.3. The van der Waals surface area contributed by atoms with Gasteiger partial charge in [0.1, 0.15) is 0 Å². The van der Waals surface area contributed by atoms with Crippen molar-refractivity contribution in [3.8, 4) is 0 Å². The molecule has 0 aromatic rings. The fourth-order valence-electron chi connectivity index (χ4n) is 1.55. The Morgan fingerprint density at radius 3 is 2.44 bits per heavy atom. The van der Waals surface area contributed by atoms with Crippen LogP contribution < -0.4 is 5.32 Å². The normalized spacial score (nSPS) is 10.1. The molecule has 0 radical (unpaired) electrons. The number of carbonyl (C=O) groups is 2. The molecule has 0 saturated carbocycles. The van der Waals surface area contributed by atoms with Crippen molar-refractivity contribution in [2.75, 3.05) is 13.2 Å². The van der Waals surface area contributed by atoms with Crippen molar-refractivity contribution >= 4 is 12.1 Å². The summed E-state index contributed by atoms with van der Waals surface area (Å²) < 4.78 is 5.08. The smallest absolute Gasteiger partial charge is 0.404 e. The minimum atomic E-state index is -0.999. The van der Waals surface area contributed by atoms with Gasteiger partial charge in [-0.15, -0.1) is 0 Å². The molecule has 0 atom stereocenters. The van der Waals surface area contributed by atoms with Crippen molar-refractivity contribution in [3.63, 3.8) is 0 Å². The number of hydrogen-bond acceptors (Lipinski definition) is 3. The lowest BCUT2D eigenvalue weighted by atomic mass is 10.2. The number of amides is 1. The van der Waals surface area contributed by atoms with Gasteiger partial charge in [-0.2, -0.15) is 0 Å². The van der Waals surface area contributed by atoms with Crippen LogP contribution in [0.2, 0.25) is 0 Å². The maximum atomic E-state index is 11.3. The molecule has 0 aliphatic rings. The first-order valence-electron chi connectivity index (χ1n) is 6.79. The van der Waals surface area contributed by atoms with Gasteiger partial charge < -0.3 is 15.2 Å². The number of esters is 1. The first-order valence-corrected chi connectivity index (χ1v) is 6.79. The first-order chi connectivity index (χ1) is 8.66. The Morgan fingerprint density at radius 1 is 1.06 bits per heavy atom. The number of nitrogens with one attached hydrogen (secondary N) is 1. The Kier molecular flexibility index (Phi) is 11.3. The van der Waals surface area contributed by atoms with Crippen LogP contribution in [-0.4, -0.2) is 30.3 Å². The predicted molar refractivity (Wildman–Crippen MR) is 69.6 cm³/mol. The standard InChI is InChI=1S/C13H25NO4/c1-2-3-4-8-11-18-12(15)9-6-5-7-10-14-13(16)17/h14H,2-11H2,1H3,(H,16,17). The highest BCUT2D eigenvalue weighted by molar-refractivity contribution is 5.69. The van der Waals surface area contributed by atoms with Crippen molar-refractivity contribution in [2.24, 2.45) is 0 Å². The fraction of sp³-hybridized carbons (Fsp3) is 0.846. The molecule has 18 heavy (non-hydrogen) atoms. The molecule has 0 rings (SSSR count). The molecule has 2 N–H and O–H groups in total. The zero-order valence-electron chi connectivity index (χ0n) is 11.2. The summed E-state index contributed by atoms with van der Waals surface area (Å²) in [6.07, 6.45) is 6.22. The summed E-state index contributed by atoms with van der Waals surface area (Å²) in [5, 5.41) is 10.6. The van der Waals surface area contributed by atoms with Gasteiger partial charge in [0.15, 0.2) is 0 Å². The second kappa shape index (κ2) is 12.2. The van der Waals surface area contributed by atoms with E-state index >= 15 is 0 Å². The van der Waals surface area contributed by atoms with E-state index < -0.39 is 6.09 Å². The molecular weight excluding hydrogens is 234 g/mol. The topological polar surface area (TPSA) is 75.6 Å². The van der Waals surface area contributed by atoms with Crippen molar-refractivity contribution in [3.05, 3.63) is 0 Å². The van der Waals surface area contributed by atoms with Crippen LogP contribution in [0, 0.1) is 0 Å². The third-order valence-electron chi connectivity index (χ3n) is 2.59. The van der Waals surface area contributed by atoms with Gasteiger partial charge in [-0.05, 0) is 19.3 Å². The number of unbranched alkanes of at least 4 members (excludes halogenated alkanes) is 5. The van der Waals surface area contributed by atoms with Gasteiger partial charge in [-0.1, -0.05) is 32.6 Å². The Balaban J connectivity index is 3.19. The van der Waals surface area contributed by atoms with Crippen molar-refractivity contribution in [1.82, 2.24) is 5.32 Å². The summed E-state index contributed by atoms with van der Waals surface area (Å²) in [6.45, 7) is 3.12. The summed E-state index contributed by atoms with van der Waals surface area (Å²) in [5.41, 5.74) is 0. The molecular formula is C13H25NO4. The minimum Gasteiger partial charge on any atom is -0.466 e. The van der Waals surface area contributed by atoms with E-state index in [0.717, 1.165) is 32.1 Å². The highest BCUT2D eigenvalue weighted by Gasteiger charge is 2.02. The number of carboxylic acid groups (broad SMARTS) is 1. The van der Waals surface area contributed by atoms with Gasteiger partial charge in [0.2, 0.25) is 0 Å². The van der Waals surface area contributed by atoms with Crippen LogP contribution in [0.1, 0.15) is 58.3 Å². The second-order valence-corrected chi connectivity index (χ2v) is 4.32. The summed E-state index contributed by atoms with van der Waals surface area (Å²) in [6, 6.07) is 0. The monoisotopic (exact) mass is 259 g/mol. The number of rotatable bonds is 11. The number of ether oxygens (including phenoxy) is 1. The second-order valence-electron chi connectivity index (χ2n) is 4.32. The van der Waals surface area contributed by atoms with Crippen LogP contribution in [0.5, 0.6) is 0 Å². The van der Waals surface area contributed by atoms with Crippen molar-refractivity contribution < 1.29 is 19.4 Å². The van der Waals surface area contributed by atoms with E-state index in [-0.39, 0.29) is 5.97 Å². The van der Waals surface area contributed by atoms with Gasteiger partial charge in [0.25, 0.3) is 0 Å². The molecule has 5 heteroatoms. The van der Waals surface area contributed by atoms with Crippen LogP contribution in [0.15, 0.2) is 0 Å². The fourth-order valence-corrected chi connectivity index (χ4v) is 1.55. The highest BCUT2D eigenvalue weighted by Crippen LogP contribution is 2.03. The van der Waals surface area contributed by atoms with Gasteiger partial charge in [0.05, 0.1) is 6.61 Å². The Labute approximate surface area is 109 Å². The van der Waals surface area contributed by atoms with E-state index in [1.807, 2.05) is 0 Å². The SMILES string of the molecule is CCCCCCOC(=O)CCCCCNC(=O)O. The molecule has 0 aliphatic heterocycles. The highest BCUT2D eigenvalue weighted by atomic mass is 16.5.